The van der Waals surface area contributed by atoms with Crippen LogP contribution in [-0.2, 0) is 6.42 Å². The van der Waals surface area contributed by atoms with E-state index >= 15 is 0 Å². The second-order valence-electron chi connectivity index (χ2n) is 5.09. The largest absolute Gasteiger partial charge is 0.313 e. The summed E-state index contributed by atoms with van der Waals surface area (Å²) in [6, 6.07) is 0.820. The van der Waals surface area contributed by atoms with E-state index < -0.39 is 0 Å². The SMILES string of the molecule is CN(CCNC1CC1)CCc1csc2nccn12. The summed E-state index contributed by atoms with van der Waals surface area (Å²) in [5, 5.41) is 5.77. The van der Waals surface area contributed by atoms with Crippen molar-refractivity contribution >= 4 is 16.3 Å². The van der Waals surface area contributed by atoms with Crippen molar-refractivity contribution in [1.82, 2.24) is 19.6 Å². The normalized spacial score (nSPS) is 15.9. The summed E-state index contributed by atoms with van der Waals surface area (Å²) >= 11 is 1.72. The van der Waals surface area contributed by atoms with Crippen molar-refractivity contribution in [3.05, 3.63) is 23.5 Å². The van der Waals surface area contributed by atoms with Gasteiger partial charge in [-0.1, -0.05) is 0 Å². The summed E-state index contributed by atoms with van der Waals surface area (Å²) in [6.45, 7) is 3.36. The highest BCUT2D eigenvalue weighted by Gasteiger charge is 2.19. The van der Waals surface area contributed by atoms with Crippen LogP contribution in [0.2, 0.25) is 0 Å². The Bertz CT molecular complexity index is 500. The Morgan fingerprint density at radius 2 is 2.39 bits per heavy atom. The first-order valence-electron chi connectivity index (χ1n) is 6.64. The van der Waals surface area contributed by atoms with E-state index in [2.05, 4.69) is 38.2 Å². The van der Waals surface area contributed by atoms with Crippen molar-refractivity contribution in [3.63, 3.8) is 0 Å². The minimum absolute atomic E-state index is 0.820. The Morgan fingerprint density at radius 1 is 1.50 bits per heavy atom. The third-order valence-corrected chi connectivity index (χ3v) is 4.37. The van der Waals surface area contributed by atoms with Crippen LogP contribution < -0.4 is 5.32 Å². The Morgan fingerprint density at radius 3 is 3.22 bits per heavy atom. The number of hydrogen-bond donors (Lipinski definition) is 1. The van der Waals surface area contributed by atoms with Crippen LogP contribution in [0.25, 0.3) is 4.96 Å². The minimum Gasteiger partial charge on any atom is -0.313 e. The third kappa shape index (κ3) is 2.91. The molecule has 3 rings (SSSR count). The van der Waals surface area contributed by atoms with Gasteiger partial charge in [0.05, 0.1) is 0 Å². The van der Waals surface area contributed by atoms with E-state index in [9.17, 15) is 0 Å². The van der Waals surface area contributed by atoms with Gasteiger partial charge >= 0.3 is 0 Å². The van der Waals surface area contributed by atoms with Crippen LogP contribution in [0.3, 0.4) is 0 Å². The Balaban J connectivity index is 1.43. The topological polar surface area (TPSA) is 32.6 Å². The van der Waals surface area contributed by atoms with Gasteiger partial charge in [-0.2, -0.15) is 0 Å². The summed E-state index contributed by atoms with van der Waals surface area (Å²) < 4.78 is 2.20. The molecule has 1 saturated carbocycles. The van der Waals surface area contributed by atoms with Gasteiger partial charge in [-0.3, -0.25) is 4.40 Å². The molecule has 2 aromatic heterocycles. The van der Waals surface area contributed by atoms with Gasteiger partial charge in [0.1, 0.15) is 0 Å². The van der Waals surface area contributed by atoms with Gasteiger partial charge in [-0.15, -0.1) is 11.3 Å². The fraction of sp³-hybridized carbons (Fsp3) is 0.615. The monoisotopic (exact) mass is 264 g/mol. The molecule has 0 atom stereocenters. The van der Waals surface area contributed by atoms with Crippen molar-refractivity contribution in [2.75, 3.05) is 26.7 Å². The molecule has 0 saturated heterocycles. The number of aromatic nitrogens is 2. The predicted octanol–water partition coefficient (Wildman–Crippen LogP) is 1.62. The fourth-order valence-electron chi connectivity index (χ4n) is 2.12. The molecule has 2 heterocycles. The van der Waals surface area contributed by atoms with E-state index in [4.69, 9.17) is 0 Å². The maximum atomic E-state index is 4.30. The fourth-order valence-corrected chi connectivity index (χ4v) is 3.00. The molecule has 0 unspecified atom stereocenters. The van der Waals surface area contributed by atoms with E-state index in [0.717, 1.165) is 37.1 Å². The molecule has 4 nitrogen and oxygen atoms in total. The smallest absolute Gasteiger partial charge is 0.193 e. The molecule has 2 aromatic rings. The molecule has 0 amide bonds. The van der Waals surface area contributed by atoms with Crippen molar-refractivity contribution in [3.8, 4) is 0 Å². The molecule has 0 bridgehead atoms. The minimum atomic E-state index is 0.820. The molecule has 0 radical (unpaired) electrons. The van der Waals surface area contributed by atoms with E-state index in [-0.39, 0.29) is 0 Å². The molecule has 98 valence electrons. The second kappa shape index (κ2) is 5.38. The van der Waals surface area contributed by atoms with Gasteiger partial charge in [-0.05, 0) is 19.9 Å². The molecule has 0 aliphatic heterocycles. The Kier molecular flexibility index (Phi) is 3.63. The second-order valence-corrected chi connectivity index (χ2v) is 5.93. The van der Waals surface area contributed by atoms with Crippen LogP contribution in [0.4, 0.5) is 0 Å². The van der Waals surface area contributed by atoms with Gasteiger partial charge in [0.15, 0.2) is 4.96 Å². The standard InChI is InChI=1S/C13H20N4S/c1-16(8-5-14-11-2-3-11)7-4-12-10-18-13-15-6-9-17(12)13/h6,9-11,14H,2-5,7-8H2,1H3. The summed E-state index contributed by atoms with van der Waals surface area (Å²) in [7, 11) is 2.20. The lowest BCUT2D eigenvalue weighted by atomic mass is 10.3. The average Bonchev–Trinajstić information content (AvgIpc) is 2.92. The molecule has 0 aromatic carbocycles. The molecule has 0 spiro atoms. The third-order valence-electron chi connectivity index (χ3n) is 3.47. The summed E-state index contributed by atoms with van der Waals surface area (Å²) in [5.74, 6) is 0. The van der Waals surface area contributed by atoms with Gasteiger partial charge < -0.3 is 10.2 Å². The molecule has 18 heavy (non-hydrogen) atoms. The van der Waals surface area contributed by atoms with Crippen molar-refractivity contribution in [1.29, 1.82) is 0 Å². The van der Waals surface area contributed by atoms with E-state index in [1.165, 1.54) is 18.5 Å². The average molecular weight is 264 g/mol. The number of nitrogens with one attached hydrogen (secondary N) is 1. The Hall–Kier alpha value is -0.910. The van der Waals surface area contributed by atoms with Gasteiger partial charge in [0, 0.05) is 55.6 Å². The first-order chi connectivity index (χ1) is 8.83. The number of likely N-dealkylation sites (N-methyl/N-ethyl adjacent to an activating group) is 1. The molecule has 1 aliphatic carbocycles. The van der Waals surface area contributed by atoms with Crippen LogP contribution in [-0.4, -0.2) is 47.0 Å². The first-order valence-corrected chi connectivity index (χ1v) is 7.52. The van der Waals surface area contributed by atoms with Crippen LogP contribution >= 0.6 is 11.3 Å². The summed E-state index contributed by atoms with van der Waals surface area (Å²) in [4.78, 5) is 7.80. The maximum absolute atomic E-state index is 4.30. The highest BCUT2D eigenvalue weighted by Crippen LogP contribution is 2.18. The summed E-state index contributed by atoms with van der Waals surface area (Å²) in [6.07, 6.45) is 7.76. The van der Waals surface area contributed by atoms with Crippen LogP contribution in [0, 0.1) is 0 Å². The molecule has 1 N–H and O–H groups in total. The highest BCUT2D eigenvalue weighted by molar-refractivity contribution is 7.15. The lowest BCUT2D eigenvalue weighted by Gasteiger charge is -2.16. The lowest BCUT2D eigenvalue weighted by molar-refractivity contribution is 0.334. The van der Waals surface area contributed by atoms with Crippen LogP contribution in [0.1, 0.15) is 18.5 Å². The molecule has 5 heteroatoms. The predicted molar refractivity (Wildman–Crippen MR) is 75.3 cm³/mol. The highest BCUT2D eigenvalue weighted by atomic mass is 32.1. The molecular weight excluding hydrogens is 244 g/mol. The van der Waals surface area contributed by atoms with E-state index in [0.29, 0.717) is 0 Å². The number of rotatable bonds is 7. The zero-order valence-electron chi connectivity index (χ0n) is 10.8. The number of thiazole rings is 1. The number of hydrogen-bond acceptors (Lipinski definition) is 4. The van der Waals surface area contributed by atoms with Crippen LogP contribution in [0.15, 0.2) is 17.8 Å². The number of fused-ring (bicyclic) bond motifs is 1. The van der Waals surface area contributed by atoms with Crippen LogP contribution in [0.5, 0.6) is 0 Å². The van der Waals surface area contributed by atoms with E-state index in [1.54, 1.807) is 11.3 Å². The molecule has 1 aliphatic rings. The quantitative estimate of drug-likeness (QED) is 0.825. The maximum Gasteiger partial charge on any atom is 0.193 e. The number of nitrogens with zero attached hydrogens (tertiary/aromatic N) is 3. The van der Waals surface area contributed by atoms with Crippen molar-refractivity contribution in [2.45, 2.75) is 25.3 Å². The van der Waals surface area contributed by atoms with Gasteiger partial charge in [0.2, 0.25) is 0 Å². The van der Waals surface area contributed by atoms with Gasteiger partial charge in [-0.25, -0.2) is 4.98 Å². The van der Waals surface area contributed by atoms with Crippen molar-refractivity contribution < 1.29 is 0 Å². The molecule has 1 fully saturated rings. The number of imidazole rings is 1. The summed E-state index contributed by atoms with van der Waals surface area (Å²) in [5.41, 5.74) is 1.37. The zero-order chi connectivity index (χ0) is 12.4. The van der Waals surface area contributed by atoms with Gasteiger partial charge in [0.25, 0.3) is 0 Å². The lowest BCUT2D eigenvalue weighted by Crippen LogP contribution is -2.31. The van der Waals surface area contributed by atoms with E-state index in [1.807, 2.05) is 6.20 Å². The van der Waals surface area contributed by atoms with Crippen molar-refractivity contribution in [2.24, 2.45) is 0 Å². The first kappa shape index (κ1) is 12.1. The molecular formula is C13H20N4S. The Labute approximate surface area is 112 Å². The zero-order valence-corrected chi connectivity index (χ0v) is 11.6.